The Morgan fingerprint density at radius 1 is 0.842 bits per heavy atom. The van der Waals surface area contributed by atoms with Gasteiger partial charge in [0.15, 0.2) is 0 Å². The zero-order chi connectivity index (χ0) is 13.1. The first kappa shape index (κ1) is 13.1. The third-order valence-corrected chi connectivity index (χ3v) is 5.96. The summed E-state index contributed by atoms with van der Waals surface area (Å²) < 4.78 is 17.5. The Bertz CT molecular complexity index is 584. The van der Waals surface area contributed by atoms with Gasteiger partial charge in [0.1, 0.15) is 0 Å². The Balaban J connectivity index is 1.79. The molecule has 98 valence electrons. The van der Waals surface area contributed by atoms with Crippen LogP contribution >= 0.6 is 6.19 Å². The molecule has 0 spiro atoms. The maximum absolute atomic E-state index is 5.87. The van der Waals surface area contributed by atoms with Crippen LogP contribution in [0.5, 0.6) is 5.75 Å². The predicted molar refractivity (Wildman–Crippen MR) is 75.8 cm³/mol. The molecule has 0 N–H and O–H groups in total. The van der Waals surface area contributed by atoms with Gasteiger partial charge < -0.3 is 0 Å². The SMILES string of the molecule is [Se]=P1(Oc2ccccc2)OCc2ccccc2CO1. The van der Waals surface area contributed by atoms with E-state index in [0.717, 1.165) is 16.9 Å². The van der Waals surface area contributed by atoms with E-state index in [9.17, 15) is 0 Å². The van der Waals surface area contributed by atoms with Crippen molar-refractivity contribution in [2.24, 2.45) is 0 Å². The number of para-hydroxylation sites is 1. The molecule has 0 bridgehead atoms. The summed E-state index contributed by atoms with van der Waals surface area (Å²) in [6.07, 6.45) is -2.44. The molecule has 19 heavy (non-hydrogen) atoms. The van der Waals surface area contributed by atoms with E-state index in [-0.39, 0.29) is 0 Å². The van der Waals surface area contributed by atoms with Gasteiger partial charge in [0.05, 0.1) is 0 Å². The van der Waals surface area contributed by atoms with Gasteiger partial charge in [-0.2, -0.15) is 0 Å². The monoisotopic (exact) mass is 340 g/mol. The summed E-state index contributed by atoms with van der Waals surface area (Å²) in [6.45, 7) is 1.01. The van der Waals surface area contributed by atoms with Gasteiger partial charge >= 0.3 is 120 Å². The molecule has 0 saturated heterocycles. The number of rotatable bonds is 2. The van der Waals surface area contributed by atoms with Crippen LogP contribution in [-0.4, -0.2) is 15.1 Å². The average molecular weight is 339 g/mol. The summed E-state index contributed by atoms with van der Waals surface area (Å²) in [7, 11) is 0. The molecule has 0 atom stereocenters. The number of benzene rings is 2. The Morgan fingerprint density at radius 2 is 1.37 bits per heavy atom. The fraction of sp³-hybridized carbons (Fsp3) is 0.143. The third kappa shape index (κ3) is 3.17. The van der Waals surface area contributed by atoms with Crippen LogP contribution < -0.4 is 4.52 Å². The second-order valence-corrected chi connectivity index (χ2v) is 8.58. The van der Waals surface area contributed by atoms with Crippen LogP contribution in [0.4, 0.5) is 0 Å². The zero-order valence-electron chi connectivity index (χ0n) is 10.2. The molecule has 0 aromatic heterocycles. The summed E-state index contributed by atoms with van der Waals surface area (Å²) in [5.41, 5.74) is 2.30. The molecule has 0 saturated carbocycles. The molecule has 0 fully saturated rings. The van der Waals surface area contributed by atoms with Gasteiger partial charge in [-0.15, -0.1) is 0 Å². The molecule has 0 unspecified atom stereocenters. The molecule has 0 aliphatic carbocycles. The summed E-state index contributed by atoms with van der Waals surface area (Å²) in [6, 6.07) is 17.7. The molecule has 3 rings (SSSR count). The van der Waals surface area contributed by atoms with Crippen molar-refractivity contribution in [3.8, 4) is 5.75 Å². The predicted octanol–water partition coefficient (Wildman–Crippen LogP) is 3.66. The molecule has 1 aliphatic rings. The fourth-order valence-electron chi connectivity index (χ4n) is 1.84. The van der Waals surface area contributed by atoms with Gasteiger partial charge in [-0.05, 0) is 0 Å². The van der Waals surface area contributed by atoms with E-state index in [4.69, 9.17) is 13.6 Å². The van der Waals surface area contributed by atoms with Crippen molar-refractivity contribution >= 4 is 21.3 Å². The van der Waals surface area contributed by atoms with E-state index >= 15 is 0 Å². The normalized spacial score (nSPS) is 17.3. The number of hydrogen-bond donors (Lipinski definition) is 0. The average Bonchev–Trinajstić information content (AvgIpc) is 2.61. The van der Waals surface area contributed by atoms with Crippen LogP contribution in [0.25, 0.3) is 0 Å². The van der Waals surface area contributed by atoms with E-state index in [1.165, 1.54) is 0 Å². The van der Waals surface area contributed by atoms with Crippen LogP contribution in [-0.2, 0) is 22.3 Å². The van der Waals surface area contributed by atoms with Crippen molar-refractivity contribution in [3.63, 3.8) is 0 Å². The van der Waals surface area contributed by atoms with Crippen molar-refractivity contribution in [2.75, 3.05) is 0 Å². The number of fused-ring (bicyclic) bond motifs is 1. The van der Waals surface area contributed by atoms with Gasteiger partial charge in [-0.25, -0.2) is 0 Å². The van der Waals surface area contributed by atoms with Crippen LogP contribution in [0.1, 0.15) is 11.1 Å². The Hall–Kier alpha value is -0.891. The minimum absolute atomic E-state index is 0.504. The summed E-state index contributed by atoms with van der Waals surface area (Å²) in [5.74, 6) is 0.750. The Labute approximate surface area is 120 Å². The van der Waals surface area contributed by atoms with Crippen LogP contribution in [0.3, 0.4) is 0 Å². The van der Waals surface area contributed by atoms with Crippen LogP contribution in [0, 0.1) is 0 Å². The first-order chi connectivity index (χ1) is 9.25. The second kappa shape index (κ2) is 5.62. The third-order valence-electron chi connectivity index (χ3n) is 2.84. The van der Waals surface area contributed by atoms with Gasteiger partial charge in [0.25, 0.3) is 0 Å². The fourth-order valence-corrected chi connectivity index (χ4v) is 4.20. The molecule has 1 aliphatic heterocycles. The summed E-state index contributed by atoms with van der Waals surface area (Å²) in [5, 5.41) is 0. The van der Waals surface area contributed by atoms with E-state index in [0.29, 0.717) is 13.2 Å². The molecule has 5 heteroatoms. The molecule has 2 aromatic carbocycles. The number of hydrogen-bond acceptors (Lipinski definition) is 3. The van der Waals surface area contributed by atoms with E-state index in [2.05, 4.69) is 27.2 Å². The molecular weight excluding hydrogens is 326 g/mol. The van der Waals surface area contributed by atoms with Gasteiger partial charge in [0.2, 0.25) is 0 Å². The first-order valence-electron chi connectivity index (χ1n) is 5.96. The van der Waals surface area contributed by atoms with Gasteiger partial charge in [0, 0.05) is 0 Å². The molecule has 3 nitrogen and oxygen atoms in total. The van der Waals surface area contributed by atoms with Gasteiger partial charge in [-0.3, -0.25) is 0 Å². The quantitative estimate of drug-likeness (QED) is 0.617. The zero-order valence-corrected chi connectivity index (χ0v) is 12.8. The van der Waals surface area contributed by atoms with Crippen LogP contribution in [0.15, 0.2) is 54.6 Å². The van der Waals surface area contributed by atoms with Crippen molar-refractivity contribution in [3.05, 3.63) is 65.7 Å². The first-order valence-corrected chi connectivity index (χ1v) is 9.72. The standard InChI is InChI=1S/C14H13O3PSe/c19-18(17-14-8-2-1-3-9-14)15-10-12-6-4-5-7-13(12)11-16-18/h1-9H,10-11H2. The second-order valence-electron chi connectivity index (χ2n) is 4.17. The van der Waals surface area contributed by atoms with Crippen molar-refractivity contribution in [2.45, 2.75) is 13.2 Å². The maximum atomic E-state index is 5.87. The van der Waals surface area contributed by atoms with Crippen LogP contribution in [0.2, 0.25) is 0 Å². The topological polar surface area (TPSA) is 27.7 Å². The van der Waals surface area contributed by atoms with Crippen molar-refractivity contribution < 1.29 is 13.6 Å². The van der Waals surface area contributed by atoms with E-state index < -0.39 is 6.19 Å². The summed E-state index contributed by atoms with van der Waals surface area (Å²) >= 11 is 2.96. The molecule has 0 radical (unpaired) electrons. The molecule has 0 amide bonds. The van der Waals surface area contributed by atoms with Crippen molar-refractivity contribution in [1.82, 2.24) is 0 Å². The Morgan fingerprint density at radius 3 is 1.95 bits per heavy atom. The Kier molecular flexibility index (Phi) is 3.88. The molecular formula is C14H13O3PSe. The molecule has 2 aromatic rings. The van der Waals surface area contributed by atoms with E-state index in [1.807, 2.05) is 42.5 Å². The van der Waals surface area contributed by atoms with Gasteiger partial charge in [-0.1, -0.05) is 0 Å². The van der Waals surface area contributed by atoms with E-state index in [1.54, 1.807) is 0 Å². The van der Waals surface area contributed by atoms with Crippen molar-refractivity contribution in [1.29, 1.82) is 0 Å². The molecule has 1 heterocycles. The summed E-state index contributed by atoms with van der Waals surface area (Å²) in [4.78, 5) is 0. The minimum atomic E-state index is -2.44.